The summed E-state index contributed by atoms with van der Waals surface area (Å²) >= 11 is 5.81. The smallest absolute Gasteiger partial charge is 0.112 e. The van der Waals surface area contributed by atoms with E-state index in [0.717, 1.165) is 5.02 Å². The van der Waals surface area contributed by atoms with Crippen molar-refractivity contribution in [2.24, 2.45) is 0 Å². The number of rotatable bonds is 1. The second-order valence-corrected chi connectivity index (χ2v) is 4.40. The molecule has 2 aliphatic rings. The van der Waals surface area contributed by atoms with Crippen molar-refractivity contribution in [1.82, 2.24) is 0 Å². The standard InChI is InChI=1S/C11H11ClO/c12-9-4-2-8(3-5-9)10-11(13-10)6-1-7-11/h2-5,10H,1,6-7H2. The van der Waals surface area contributed by atoms with Crippen LogP contribution in [0.15, 0.2) is 24.3 Å². The van der Waals surface area contributed by atoms with Crippen molar-refractivity contribution in [3.05, 3.63) is 34.9 Å². The second-order valence-electron chi connectivity index (χ2n) is 3.97. The van der Waals surface area contributed by atoms with E-state index in [0.29, 0.717) is 6.10 Å². The molecule has 0 amide bonds. The summed E-state index contributed by atoms with van der Waals surface area (Å²) in [5, 5.41) is 0.798. The molecule has 1 heterocycles. The van der Waals surface area contributed by atoms with Gasteiger partial charge in [0.2, 0.25) is 0 Å². The van der Waals surface area contributed by atoms with Crippen molar-refractivity contribution in [2.45, 2.75) is 31.0 Å². The summed E-state index contributed by atoms with van der Waals surface area (Å²) in [5.41, 5.74) is 1.53. The van der Waals surface area contributed by atoms with Crippen molar-refractivity contribution in [1.29, 1.82) is 0 Å². The van der Waals surface area contributed by atoms with Gasteiger partial charge in [0, 0.05) is 5.02 Å². The highest BCUT2D eigenvalue weighted by atomic mass is 35.5. The van der Waals surface area contributed by atoms with Crippen LogP contribution in [0.3, 0.4) is 0 Å². The molecule has 0 aromatic heterocycles. The van der Waals surface area contributed by atoms with E-state index in [1.54, 1.807) is 0 Å². The van der Waals surface area contributed by atoms with E-state index in [4.69, 9.17) is 16.3 Å². The Hall–Kier alpha value is -0.530. The van der Waals surface area contributed by atoms with Crippen molar-refractivity contribution in [3.8, 4) is 0 Å². The van der Waals surface area contributed by atoms with Crippen LogP contribution >= 0.6 is 11.6 Å². The molecule has 1 spiro atoms. The van der Waals surface area contributed by atoms with Gasteiger partial charge < -0.3 is 4.74 Å². The molecule has 0 radical (unpaired) electrons. The first-order chi connectivity index (χ1) is 6.30. The summed E-state index contributed by atoms with van der Waals surface area (Å²) in [6.45, 7) is 0. The molecular formula is C11H11ClO. The Morgan fingerprint density at radius 1 is 1.23 bits per heavy atom. The zero-order valence-electron chi connectivity index (χ0n) is 7.29. The lowest BCUT2D eigenvalue weighted by atomic mass is 9.80. The zero-order chi connectivity index (χ0) is 8.89. The SMILES string of the molecule is Clc1ccc(C2OC23CCC3)cc1. The maximum atomic E-state index is 5.81. The van der Waals surface area contributed by atoms with Crippen LogP contribution in [0.4, 0.5) is 0 Å². The van der Waals surface area contributed by atoms with Gasteiger partial charge >= 0.3 is 0 Å². The number of hydrogen-bond acceptors (Lipinski definition) is 1. The van der Waals surface area contributed by atoms with Crippen molar-refractivity contribution < 1.29 is 4.74 Å². The molecule has 3 rings (SSSR count). The van der Waals surface area contributed by atoms with Crippen LogP contribution in [0.2, 0.25) is 5.02 Å². The van der Waals surface area contributed by atoms with Crippen LogP contribution in [0.5, 0.6) is 0 Å². The van der Waals surface area contributed by atoms with E-state index in [1.165, 1.54) is 24.8 Å². The van der Waals surface area contributed by atoms with E-state index in [1.807, 2.05) is 12.1 Å². The van der Waals surface area contributed by atoms with Gasteiger partial charge in [0.25, 0.3) is 0 Å². The molecule has 2 fully saturated rings. The largest absolute Gasteiger partial charge is 0.361 e. The lowest BCUT2D eigenvalue weighted by molar-refractivity contribution is 0.198. The van der Waals surface area contributed by atoms with Gasteiger partial charge in [-0.1, -0.05) is 23.7 Å². The van der Waals surface area contributed by atoms with Crippen molar-refractivity contribution in [2.75, 3.05) is 0 Å². The Morgan fingerprint density at radius 3 is 2.38 bits per heavy atom. The first-order valence-electron chi connectivity index (χ1n) is 4.73. The molecule has 1 saturated heterocycles. The molecular weight excluding hydrogens is 184 g/mol. The summed E-state index contributed by atoms with van der Waals surface area (Å²) in [6.07, 6.45) is 4.16. The van der Waals surface area contributed by atoms with Gasteiger partial charge in [0.15, 0.2) is 0 Å². The van der Waals surface area contributed by atoms with Crippen molar-refractivity contribution in [3.63, 3.8) is 0 Å². The minimum Gasteiger partial charge on any atom is -0.361 e. The highest BCUT2D eigenvalue weighted by molar-refractivity contribution is 6.30. The third-order valence-corrected chi connectivity index (χ3v) is 3.40. The van der Waals surface area contributed by atoms with Crippen LogP contribution in [0.25, 0.3) is 0 Å². The number of benzene rings is 1. The Labute approximate surface area is 82.7 Å². The minimum atomic E-state index is 0.244. The average Bonchev–Trinajstić information content (AvgIpc) is 2.80. The van der Waals surface area contributed by atoms with Gasteiger partial charge in [0.1, 0.15) is 6.10 Å². The van der Waals surface area contributed by atoms with Gasteiger partial charge in [-0.05, 0) is 37.0 Å². The Balaban J connectivity index is 1.83. The monoisotopic (exact) mass is 194 g/mol. The molecule has 1 aliphatic carbocycles. The Morgan fingerprint density at radius 2 is 1.92 bits per heavy atom. The quantitative estimate of drug-likeness (QED) is 0.625. The highest BCUT2D eigenvalue weighted by Gasteiger charge is 2.60. The summed E-state index contributed by atoms with van der Waals surface area (Å²) in [6, 6.07) is 8.01. The Kier molecular flexibility index (Phi) is 1.50. The molecule has 1 aromatic rings. The number of ether oxygens (including phenoxy) is 1. The van der Waals surface area contributed by atoms with Crippen LogP contribution in [-0.4, -0.2) is 5.60 Å². The third kappa shape index (κ3) is 1.11. The van der Waals surface area contributed by atoms with Crippen LogP contribution in [0.1, 0.15) is 30.9 Å². The molecule has 2 heteroatoms. The third-order valence-electron chi connectivity index (χ3n) is 3.15. The molecule has 13 heavy (non-hydrogen) atoms. The first-order valence-corrected chi connectivity index (χ1v) is 5.11. The summed E-state index contributed by atoms with van der Waals surface area (Å²) < 4.78 is 5.72. The van der Waals surface area contributed by atoms with Crippen LogP contribution in [-0.2, 0) is 4.74 Å². The fraction of sp³-hybridized carbons (Fsp3) is 0.455. The summed E-state index contributed by atoms with van der Waals surface area (Å²) in [5.74, 6) is 0. The van der Waals surface area contributed by atoms with Crippen molar-refractivity contribution >= 4 is 11.6 Å². The second kappa shape index (κ2) is 2.49. The molecule has 0 bridgehead atoms. The van der Waals surface area contributed by atoms with Gasteiger partial charge in [0.05, 0.1) is 5.60 Å². The van der Waals surface area contributed by atoms with E-state index in [2.05, 4.69) is 12.1 Å². The molecule has 1 saturated carbocycles. The fourth-order valence-corrected chi connectivity index (χ4v) is 2.24. The predicted molar refractivity (Wildman–Crippen MR) is 51.9 cm³/mol. The minimum absolute atomic E-state index is 0.244. The molecule has 0 N–H and O–H groups in total. The first kappa shape index (κ1) is 7.84. The normalized spacial score (nSPS) is 28.5. The van der Waals surface area contributed by atoms with Gasteiger partial charge in [-0.2, -0.15) is 0 Å². The number of hydrogen-bond donors (Lipinski definition) is 0. The van der Waals surface area contributed by atoms with Crippen LogP contribution in [0, 0.1) is 0 Å². The topological polar surface area (TPSA) is 12.5 Å². The molecule has 1 atom stereocenters. The molecule has 68 valence electrons. The van der Waals surface area contributed by atoms with E-state index in [-0.39, 0.29) is 5.60 Å². The molecule has 1 unspecified atom stereocenters. The summed E-state index contributed by atoms with van der Waals surface area (Å²) in [4.78, 5) is 0. The van der Waals surface area contributed by atoms with Gasteiger partial charge in [-0.3, -0.25) is 0 Å². The lowest BCUT2D eigenvalue weighted by Gasteiger charge is -2.21. The van der Waals surface area contributed by atoms with Gasteiger partial charge in [-0.15, -0.1) is 0 Å². The van der Waals surface area contributed by atoms with Gasteiger partial charge in [-0.25, -0.2) is 0 Å². The summed E-state index contributed by atoms with van der Waals surface area (Å²) in [7, 11) is 0. The lowest BCUT2D eigenvalue weighted by Crippen LogP contribution is -2.22. The molecule has 1 aromatic carbocycles. The molecule has 1 nitrogen and oxygen atoms in total. The number of epoxide rings is 1. The molecule has 1 aliphatic heterocycles. The van der Waals surface area contributed by atoms with E-state index in [9.17, 15) is 0 Å². The predicted octanol–water partition coefficient (Wildman–Crippen LogP) is 3.33. The van der Waals surface area contributed by atoms with E-state index < -0.39 is 0 Å². The van der Waals surface area contributed by atoms with Crippen LogP contribution < -0.4 is 0 Å². The zero-order valence-corrected chi connectivity index (χ0v) is 8.05. The fourth-order valence-electron chi connectivity index (χ4n) is 2.12. The number of halogens is 1. The Bertz CT molecular complexity index is 326. The van der Waals surface area contributed by atoms with E-state index >= 15 is 0 Å². The maximum Gasteiger partial charge on any atom is 0.112 e. The highest BCUT2D eigenvalue weighted by Crippen LogP contribution is 2.61. The average molecular weight is 195 g/mol. The maximum absolute atomic E-state index is 5.81.